The van der Waals surface area contributed by atoms with Crippen LogP contribution in [-0.4, -0.2) is 19.8 Å². The average molecular weight is 310 g/mol. The lowest BCUT2D eigenvalue weighted by atomic mass is 9.95. The van der Waals surface area contributed by atoms with Crippen LogP contribution in [0.15, 0.2) is 21.7 Å². The molecule has 0 aliphatic carbocycles. The van der Waals surface area contributed by atoms with Crippen molar-refractivity contribution in [1.82, 2.24) is 9.55 Å². The number of H-pyrrole nitrogens is 1. The van der Waals surface area contributed by atoms with Gasteiger partial charge in [-0.15, -0.1) is 0 Å². The standard InChI is InChI=1S/C15H10N4O4/c1-19-14(22)5-3-2-4-6-7(5)9(15(19)23)11(17)10(16)8(6)13(21)18-12(4)20/h2-3,16-17,22H,1H3,(H2,18,20,21). The zero-order valence-corrected chi connectivity index (χ0v) is 11.8. The molecule has 4 aromatic rings. The molecule has 0 fully saturated rings. The molecule has 0 saturated carbocycles. The number of aromatic amines is 1. The molecule has 2 aromatic carbocycles. The van der Waals surface area contributed by atoms with Crippen LogP contribution >= 0.6 is 0 Å². The molecule has 8 heteroatoms. The van der Waals surface area contributed by atoms with Gasteiger partial charge in [-0.3, -0.25) is 30.0 Å². The molecular weight excluding hydrogens is 300 g/mol. The van der Waals surface area contributed by atoms with Crippen LogP contribution in [-0.2, 0) is 7.05 Å². The highest BCUT2D eigenvalue weighted by atomic mass is 16.3. The average Bonchev–Trinajstić information content (AvgIpc) is 2.51. The SMILES string of the molecule is Cn1c(O)c2ccc3c(O)[nH]c(=O)c4c(=N)c(=N)c(c1=O)c2c34. The third-order valence-electron chi connectivity index (χ3n) is 4.25. The molecule has 0 atom stereocenters. The van der Waals surface area contributed by atoms with E-state index in [0.717, 1.165) is 4.57 Å². The molecular formula is C15H10N4O4. The van der Waals surface area contributed by atoms with Gasteiger partial charge >= 0.3 is 0 Å². The van der Waals surface area contributed by atoms with Crippen molar-refractivity contribution in [2.45, 2.75) is 0 Å². The zero-order valence-electron chi connectivity index (χ0n) is 11.8. The Morgan fingerprint density at radius 2 is 1.52 bits per heavy atom. The summed E-state index contributed by atoms with van der Waals surface area (Å²) in [5.74, 6) is -0.689. The number of aromatic hydroxyl groups is 2. The third kappa shape index (κ3) is 1.35. The number of aromatic nitrogens is 2. The topological polar surface area (TPSA) is 143 Å². The van der Waals surface area contributed by atoms with Gasteiger partial charge in [-0.05, 0) is 12.1 Å². The van der Waals surface area contributed by atoms with Crippen LogP contribution in [0, 0.1) is 10.8 Å². The summed E-state index contributed by atoms with van der Waals surface area (Å²) in [7, 11) is 1.36. The molecule has 0 saturated heterocycles. The Bertz CT molecular complexity index is 1370. The Labute approximate surface area is 126 Å². The molecule has 23 heavy (non-hydrogen) atoms. The molecule has 4 rings (SSSR count). The Hall–Kier alpha value is -3.42. The summed E-state index contributed by atoms with van der Waals surface area (Å²) >= 11 is 0. The second kappa shape index (κ2) is 3.86. The molecule has 0 radical (unpaired) electrons. The van der Waals surface area contributed by atoms with E-state index >= 15 is 0 Å². The van der Waals surface area contributed by atoms with Crippen molar-refractivity contribution in [3.63, 3.8) is 0 Å². The summed E-state index contributed by atoms with van der Waals surface area (Å²) < 4.78 is 0.989. The van der Waals surface area contributed by atoms with E-state index in [9.17, 15) is 19.8 Å². The van der Waals surface area contributed by atoms with Crippen LogP contribution in [0.1, 0.15) is 0 Å². The van der Waals surface area contributed by atoms with E-state index < -0.39 is 11.1 Å². The van der Waals surface area contributed by atoms with Crippen molar-refractivity contribution in [1.29, 1.82) is 10.8 Å². The van der Waals surface area contributed by atoms with Crippen molar-refractivity contribution < 1.29 is 10.2 Å². The first-order valence-electron chi connectivity index (χ1n) is 6.66. The first kappa shape index (κ1) is 13.3. The number of rotatable bonds is 0. The van der Waals surface area contributed by atoms with E-state index in [1.165, 1.54) is 19.2 Å². The summed E-state index contributed by atoms with van der Waals surface area (Å²) in [6.45, 7) is 0. The largest absolute Gasteiger partial charge is 0.494 e. The van der Waals surface area contributed by atoms with Crippen molar-refractivity contribution in [3.05, 3.63) is 43.6 Å². The van der Waals surface area contributed by atoms with Gasteiger partial charge in [-0.1, -0.05) is 0 Å². The van der Waals surface area contributed by atoms with Crippen molar-refractivity contribution in [3.8, 4) is 11.8 Å². The first-order chi connectivity index (χ1) is 10.8. The summed E-state index contributed by atoms with van der Waals surface area (Å²) in [6.07, 6.45) is 0. The van der Waals surface area contributed by atoms with Gasteiger partial charge in [0.05, 0.1) is 21.5 Å². The fourth-order valence-corrected chi connectivity index (χ4v) is 3.13. The van der Waals surface area contributed by atoms with Crippen LogP contribution in [0.5, 0.6) is 11.8 Å². The normalized spacial score (nSPS) is 11.9. The molecule has 0 unspecified atom stereocenters. The third-order valence-corrected chi connectivity index (χ3v) is 4.25. The maximum atomic E-state index is 12.5. The highest BCUT2D eigenvalue weighted by molar-refractivity contribution is 6.23. The van der Waals surface area contributed by atoms with Crippen LogP contribution in [0.2, 0.25) is 0 Å². The summed E-state index contributed by atoms with van der Waals surface area (Å²) in [5.41, 5.74) is -1.36. The lowest BCUT2D eigenvalue weighted by molar-refractivity contribution is 0.431. The molecule has 0 amide bonds. The van der Waals surface area contributed by atoms with Crippen molar-refractivity contribution >= 4 is 32.3 Å². The fraction of sp³-hybridized carbons (Fsp3) is 0.0667. The predicted octanol–water partition coefficient (Wildman–Crippen LogP) is -0.221. The number of nitrogens with one attached hydrogen (secondary N) is 3. The van der Waals surface area contributed by atoms with E-state index in [0.29, 0.717) is 0 Å². The van der Waals surface area contributed by atoms with Gasteiger partial charge in [-0.25, -0.2) is 0 Å². The minimum atomic E-state index is -0.719. The Kier molecular flexibility index (Phi) is 2.22. The van der Waals surface area contributed by atoms with Gasteiger partial charge in [0, 0.05) is 28.6 Å². The molecule has 0 bridgehead atoms. The Morgan fingerprint density at radius 1 is 0.957 bits per heavy atom. The van der Waals surface area contributed by atoms with Crippen LogP contribution < -0.4 is 21.8 Å². The maximum absolute atomic E-state index is 12.5. The number of benzene rings is 2. The number of hydrogen-bond donors (Lipinski definition) is 5. The predicted molar refractivity (Wildman–Crippen MR) is 82.2 cm³/mol. The minimum Gasteiger partial charge on any atom is -0.494 e. The molecule has 8 nitrogen and oxygen atoms in total. The highest BCUT2D eigenvalue weighted by Crippen LogP contribution is 2.35. The van der Waals surface area contributed by atoms with Gasteiger partial charge in [0.1, 0.15) is 0 Å². The quantitative estimate of drug-likeness (QED) is 0.286. The number of nitrogens with zero attached hydrogens (tertiary/aromatic N) is 1. The monoisotopic (exact) mass is 310 g/mol. The Morgan fingerprint density at radius 3 is 2.22 bits per heavy atom. The molecule has 0 aliphatic heterocycles. The second-order valence-corrected chi connectivity index (χ2v) is 5.40. The summed E-state index contributed by atoms with van der Waals surface area (Å²) in [6, 6.07) is 2.99. The van der Waals surface area contributed by atoms with Crippen molar-refractivity contribution in [2.24, 2.45) is 7.05 Å². The van der Waals surface area contributed by atoms with Gasteiger partial charge in [0.15, 0.2) is 5.88 Å². The molecule has 0 spiro atoms. The second-order valence-electron chi connectivity index (χ2n) is 5.40. The fourth-order valence-electron chi connectivity index (χ4n) is 3.13. The van der Waals surface area contributed by atoms with E-state index in [1.54, 1.807) is 0 Å². The van der Waals surface area contributed by atoms with E-state index in [-0.39, 0.29) is 54.8 Å². The molecule has 0 aliphatic rings. The van der Waals surface area contributed by atoms with Crippen LogP contribution in [0.3, 0.4) is 0 Å². The summed E-state index contributed by atoms with van der Waals surface area (Å²) in [4.78, 5) is 26.8. The number of pyridine rings is 2. The molecule has 5 N–H and O–H groups in total. The lowest BCUT2D eigenvalue weighted by Gasteiger charge is -2.13. The van der Waals surface area contributed by atoms with Gasteiger partial charge in [0.25, 0.3) is 11.1 Å². The van der Waals surface area contributed by atoms with E-state index in [4.69, 9.17) is 10.8 Å². The van der Waals surface area contributed by atoms with E-state index in [2.05, 4.69) is 4.98 Å². The first-order valence-corrected chi connectivity index (χ1v) is 6.66. The zero-order chi connectivity index (χ0) is 16.6. The number of hydrogen-bond acceptors (Lipinski definition) is 6. The van der Waals surface area contributed by atoms with Gasteiger partial charge in [0.2, 0.25) is 5.88 Å². The van der Waals surface area contributed by atoms with Gasteiger partial charge < -0.3 is 10.2 Å². The molecule has 2 heterocycles. The minimum absolute atomic E-state index is 0.0617. The van der Waals surface area contributed by atoms with Crippen molar-refractivity contribution in [2.75, 3.05) is 0 Å². The maximum Gasteiger partial charge on any atom is 0.263 e. The van der Waals surface area contributed by atoms with Crippen LogP contribution in [0.4, 0.5) is 0 Å². The smallest absolute Gasteiger partial charge is 0.263 e. The molecule has 114 valence electrons. The van der Waals surface area contributed by atoms with E-state index in [1.807, 2.05) is 0 Å². The summed E-state index contributed by atoms with van der Waals surface area (Å²) in [5, 5.41) is 36.4. The lowest BCUT2D eigenvalue weighted by Crippen LogP contribution is -2.34. The highest BCUT2D eigenvalue weighted by Gasteiger charge is 2.21. The van der Waals surface area contributed by atoms with Crippen LogP contribution in [0.25, 0.3) is 32.3 Å². The Balaban J connectivity index is 2.67. The van der Waals surface area contributed by atoms with Gasteiger partial charge in [-0.2, -0.15) is 0 Å². The molecule has 2 aromatic heterocycles.